The first-order chi connectivity index (χ1) is 13.5. The highest BCUT2D eigenvalue weighted by atomic mass is 32.1. The van der Waals surface area contributed by atoms with Crippen LogP contribution in [-0.4, -0.2) is 16.7 Å². The first-order valence-corrected chi connectivity index (χ1v) is 8.71. The van der Waals surface area contributed by atoms with Crippen LogP contribution < -0.4 is 10.6 Å². The number of nitrogens with one attached hydrogen (secondary N) is 2. The average molecular weight is 394 g/mol. The zero-order valence-electron chi connectivity index (χ0n) is 14.3. The molecule has 0 unspecified atom stereocenters. The number of benzene rings is 3. The molecule has 1 aliphatic carbocycles. The fourth-order valence-corrected chi connectivity index (χ4v) is 3.34. The van der Waals surface area contributed by atoms with Crippen LogP contribution in [0.3, 0.4) is 0 Å². The lowest BCUT2D eigenvalue weighted by molar-refractivity contribution is 0.0979. The van der Waals surface area contributed by atoms with Crippen LogP contribution >= 0.6 is 12.2 Å². The van der Waals surface area contributed by atoms with Crippen molar-refractivity contribution in [3.63, 3.8) is 0 Å². The smallest absolute Gasteiger partial charge is 0.196 e. The van der Waals surface area contributed by atoms with E-state index in [2.05, 4.69) is 10.6 Å². The summed E-state index contributed by atoms with van der Waals surface area (Å²) in [6.45, 7) is 0. The molecule has 3 aromatic carbocycles. The fraction of sp³-hybridized carbons (Fsp3) is 0. The Morgan fingerprint density at radius 3 is 2.11 bits per heavy atom. The number of hydrogen-bond acceptors (Lipinski definition) is 3. The summed E-state index contributed by atoms with van der Waals surface area (Å²) >= 11 is 5.18. The summed E-state index contributed by atoms with van der Waals surface area (Å²) in [5, 5.41) is 5.45. The van der Waals surface area contributed by atoms with Gasteiger partial charge in [-0.15, -0.1) is 0 Å². The maximum absolute atomic E-state index is 13.8. The summed E-state index contributed by atoms with van der Waals surface area (Å²) in [4.78, 5) is 25.7. The molecule has 138 valence electrons. The van der Waals surface area contributed by atoms with Crippen molar-refractivity contribution in [1.29, 1.82) is 0 Å². The lowest BCUT2D eigenvalue weighted by atomic mass is 9.83. The Morgan fingerprint density at radius 2 is 1.39 bits per heavy atom. The Hall–Kier alpha value is -3.45. The number of carbonyl (C=O) groups excluding carboxylic acids is 2. The van der Waals surface area contributed by atoms with Crippen LogP contribution in [0, 0.1) is 11.6 Å². The monoisotopic (exact) mass is 394 g/mol. The van der Waals surface area contributed by atoms with Crippen molar-refractivity contribution in [1.82, 2.24) is 0 Å². The first kappa shape index (κ1) is 17.9. The second-order valence-corrected chi connectivity index (χ2v) is 6.54. The Balaban J connectivity index is 1.66. The Bertz CT molecular complexity index is 1160. The van der Waals surface area contributed by atoms with Crippen molar-refractivity contribution in [2.75, 3.05) is 10.6 Å². The van der Waals surface area contributed by atoms with Crippen LogP contribution in [0.15, 0.2) is 60.7 Å². The van der Waals surface area contributed by atoms with E-state index >= 15 is 0 Å². The van der Waals surface area contributed by atoms with Crippen molar-refractivity contribution in [2.24, 2.45) is 0 Å². The molecule has 0 atom stereocenters. The number of carbonyl (C=O) groups is 2. The van der Waals surface area contributed by atoms with Gasteiger partial charge in [-0.3, -0.25) is 9.59 Å². The topological polar surface area (TPSA) is 58.2 Å². The van der Waals surface area contributed by atoms with Gasteiger partial charge in [-0.25, -0.2) is 8.78 Å². The van der Waals surface area contributed by atoms with E-state index in [9.17, 15) is 18.4 Å². The quantitative estimate of drug-likeness (QED) is 0.489. The molecule has 1 aliphatic rings. The molecule has 0 heterocycles. The van der Waals surface area contributed by atoms with Gasteiger partial charge in [0.1, 0.15) is 11.6 Å². The van der Waals surface area contributed by atoms with Crippen molar-refractivity contribution in [3.8, 4) is 0 Å². The zero-order valence-corrected chi connectivity index (χ0v) is 15.1. The fourth-order valence-electron chi connectivity index (χ4n) is 3.12. The van der Waals surface area contributed by atoms with Gasteiger partial charge in [0.25, 0.3) is 0 Å². The third-order valence-electron chi connectivity index (χ3n) is 4.38. The van der Waals surface area contributed by atoms with Crippen LogP contribution in [0.25, 0.3) is 0 Å². The Kier molecular flexibility index (Phi) is 4.44. The van der Waals surface area contributed by atoms with Crippen molar-refractivity contribution < 1.29 is 18.4 Å². The molecule has 0 spiro atoms. The number of thiocarbonyl (C=S) groups is 1. The maximum atomic E-state index is 13.8. The number of hydrogen-bond donors (Lipinski definition) is 2. The van der Waals surface area contributed by atoms with Crippen LogP contribution in [0.2, 0.25) is 0 Å². The number of fused-ring (bicyclic) bond motifs is 2. The third kappa shape index (κ3) is 3.05. The highest BCUT2D eigenvalue weighted by Crippen LogP contribution is 2.32. The second-order valence-electron chi connectivity index (χ2n) is 6.14. The molecule has 0 aliphatic heterocycles. The van der Waals surface area contributed by atoms with E-state index in [1.165, 1.54) is 6.07 Å². The van der Waals surface area contributed by atoms with E-state index in [0.717, 1.165) is 12.1 Å². The van der Waals surface area contributed by atoms with Crippen LogP contribution in [0.4, 0.5) is 20.2 Å². The van der Waals surface area contributed by atoms with Crippen LogP contribution in [0.5, 0.6) is 0 Å². The molecule has 4 rings (SSSR count). The van der Waals surface area contributed by atoms with Crippen molar-refractivity contribution in [2.45, 2.75) is 0 Å². The van der Waals surface area contributed by atoms with Gasteiger partial charge in [0.05, 0.1) is 16.9 Å². The van der Waals surface area contributed by atoms with Crippen molar-refractivity contribution >= 4 is 40.3 Å². The summed E-state index contributed by atoms with van der Waals surface area (Å²) in [6.07, 6.45) is 0. The summed E-state index contributed by atoms with van der Waals surface area (Å²) in [5.74, 6) is -2.07. The van der Waals surface area contributed by atoms with E-state index < -0.39 is 11.6 Å². The van der Waals surface area contributed by atoms with E-state index in [1.54, 1.807) is 42.5 Å². The molecule has 28 heavy (non-hydrogen) atoms. The van der Waals surface area contributed by atoms with E-state index in [-0.39, 0.29) is 33.5 Å². The molecule has 0 radical (unpaired) electrons. The molecule has 7 heteroatoms. The van der Waals surface area contributed by atoms with Gasteiger partial charge in [-0.2, -0.15) is 0 Å². The van der Waals surface area contributed by atoms with Gasteiger partial charge in [-0.05, 0) is 30.4 Å². The minimum absolute atomic E-state index is 0.00184. The van der Waals surface area contributed by atoms with Crippen molar-refractivity contribution in [3.05, 3.63) is 94.6 Å². The molecule has 0 bridgehead atoms. The van der Waals surface area contributed by atoms with Gasteiger partial charge in [0.15, 0.2) is 16.7 Å². The highest BCUT2D eigenvalue weighted by Gasteiger charge is 2.31. The Labute approximate surface area is 164 Å². The first-order valence-electron chi connectivity index (χ1n) is 8.30. The summed E-state index contributed by atoms with van der Waals surface area (Å²) in [6, 6.07) is 14.4. The molecule has 3 aromatic rings. The lowest BCUT2D eigenvalue weighted by Gasteiger charge is -2.21. The molecular weight excluding hydrogens is 382 g/mol. The Morgan fingerprint density at radius 1 is 0.750 bits per heavy atom. The SMILES string of the molecule is O=C1c2ccccc2C(=O)c2c(NC(=S)Nc3ccc(F)cc3F)cccc21. The number of rotatable bonds is 2. The number of ketones is 2. The molecule has 0 saturated heterocycles. The zero-order chi connectivity index (χ0) is 19.8. The second kappa shape index (κ2) is 6.94. The van der Waals surface area contributed by atoms with Gasteiger partial charge in [0, 0.05) is 22.8 Å². The normalized spacial score (nSPS) is 12.2. The number of halogens is 2. The largest absolute Gasteiger partial charge is 0.332 e. The van der Waals surface area contributed by atoms with E-state index in [1.807, 2.05) is 0 Å². The average Bonchev–Trinajstić information content (AvgIpc) is 2.68. The minimum atomic E-state index is -0.806. The van der Waals surface area contributed by atoms with Gasteiger partial charge in [0.2, 0.25) is 0 Å². The molecule has 4 nitrogen and oxygen atoms in total. The van der Waals surface area contributed by atoms with Crippen LogP contribution in [-0.2, 0) is 0 Å². The molecule has 0 fully saturated rings. The predicted molar refractivity (Wildman–Crippen MR) is 106 cm³/mol. The molecule has 2 N–H and O–H groups in total. The van der Waals surface area contributed by atoms with Crippen LogP contribution in [0.1, 0.15) is 31.8 Å². The van der Waals surface area contributed by atoms with Gasteiger partial charge in [-0.1, -0.05) is 36.4 Å². The standard InChI is InChI=1S/C21H12F2N2O2S/c22-11-8-9-16(15(23)10-11)24-21(28)25-17-7-3-6-14-18(17)20(27)13-5-2-1-4-12(13)19(14)26/h1-10H,(H2,24,25,28). The summed E-state index contributed by atoms with van der Waals surface area (Å²) < 4.78 is 26.8. The molecule has 0 saturated carbocycles. The molecule has 0 amide bonds. The molecule has 0 aromatic heterocycles. The predicted octanol–water partition coefficient (Wildman–Crippen LogP) is 4.55. The summed E-state index contributed by atoms with van der Waals surface area (Å²) in [7, 11) is 0. The summed E-state index contributed by atoms with van der Waals surface area (Å²) in [5.41, 5.74) is 1.45. The number of anilines is 2. The minimum Gasteiger partial charge on any atom is -0.332 e. The maximum Gasteiger partial charge on any atom is 0.196 e. The van der Waals surface area contributed by atoms with E-state index in [0.29, 0.717) is 16.8 Å². The van der Waals surface area contributed by atoms with Gasteiger partial charge < -0.3 is 10.6 Å². The van der Waals surface area contributed by atoms with E-state index in [4.69, 9.17) is 12.2 Å². The highest BCUT2D eigenvalue weighted by molar-refractivity contribution is 7.80. The third-order valence-corrected chi connectivity index (χ3v) is 4.58. The lowest BCUT2D eigenvalue weighted by Crippen LogP contribution is -2.25. The molecular formula is C21H12F2N2O2S. The van der Waals surface area contributed by atoms with Gasteiger partial charge >= 0.3 is 0 Å².